The van der Waals surface area contributed by atoms with E-state index in [4.69, 9.17) is 0 Å². The quantitative estimate of drug-likeness (QED) is 0.567. The summed E-state index contributed by atoms with van der Waals surface area (Å²) in [5.41, 5.74) is 0. The third-order valence-corrected chi connectivity index (χ3v) is 1.58. The Kier molecular flexibility index (Phi) is 5.08. The van der Waals surface area contributed by atoms with Crippen LogP contribution in [0.2, 0.25) is 0 Å². The Morgan fingerprint density at radius 3 is 1.88 bits per heavy atom. The summed E-state index contributed by atoms with van der Waals surface area (Å²) in [6, 6.07) is 0. The topological polar surface area (TPSA) is 26.3 Å². The third kappa shape index (κ3) is 5.22. The maximum absolute atomic E-state index is 11.9. The summed E-state index contributed by atoms with van der Waals surface area (Å²) >= 11 is 0. The molecular weight excluding hydrogens is 242 g/mol. The molecule has 0 amide bonds. The van der Waals surface area contributed by atoms with Crippen LogP contribution in [0.15, 0.2) is 0 Å². The van der Waals surface area contributed by atoms with Crippen LogP contribution in [0.4, 0.5) is 26.3 Å². The second-order valence-corrected chi connectivity index (χ2v) is 3.06. The Labute approximate surface area is 87.6 Å². The molecule has 0 fully saturated rings. The molecule has 0 aromatic rings. The molecule has 0 saturated heterocycles. The zero-order valence-electron chi connectivity index (χ0n) is 8.28. The molecule has 0 atom stereocenters. The molecule has 8 heteroatoms. The van der Waals surface area contributed by atoms with Crippen molar-refractivity contribution in [1.29, 1.82) is 0 Å². The predicted octanol–water partition coefficient (Wildman–Crippen LogP) is 3.21. The molecule has 0 aromatic carbocycles. The molecule has 0 spiro atoms. The van der Waals surface area contributed by atoms with Gasteiger partial charge in [-0.1, -0.05) is 13.3 Å². The van der Waals surface area contributed by atoms with Gasteiger partial charge in [-0.25, -0.2) is 0 Å². The summed E-state index contributed by atoms with van der Waals surface area (Å²) < 4.78 is 74.8. The van der Waals surface area contributed by atoms with Crippen molar-refractivity contribution in [2.45, 2.75) is 44.6 Å². The molecule has 0 aromatic heterocycles. The lowest BCUT2D eigenvalue weighted by Crippen LogP contribution is -2.45. The molecule has 0 heterocycles. The number of ether oxygens (including phenoxy) is 1. The summed E-state index contributed by atoms with van der Waals surface area (Å²) in [5, 5.41) is 0. The molecule has 0 rings (SSSR count). The van der Waals surface area contributed by atoms with E-state index in [-0.39, 0.29) is 6.42 Å². The Morgan fingerprint density at radius 2 is 1.56 bits per heavy atom. The summed E-state index contributed by atoms with van der Waals surface area (Å²) in [5.74, 6) is -1.50. The second kappa shape index (κ2) is 5.40. The summed E-state index contributed by atoms with van der Waals surface area (Å²) in [7, 11) is 0. The van der Waals surface area contributed by atoms with E-state index >= 15 is 0 Å². The van der Waals surface area contributed by atoms with Gasteiger partial charge in [-0.15, -0.1) is 0 Å². The lowest BCUT2D eigenvalue weighted by atomic mass is 10.2. The summed E-state index contributed by atoms with van der Waals surface area (Å²) in [4.78, 5) is 10.7. The fourth-order valence-electron chi connectivity index (χ4n) is 0.831. The fraction of sp³-hybridized carbons (Fsp3) is 0.875. The monoisotopic (exact) mass is 252 g/mol. The minimum atomic E-state index is -5.64. The smallest absolute Gasteiger partial charge is 0.434 e. The van der Waals surface area contributed by atoms with Crippen LogP contribution >= 0.6 is 0 Å². The number of carbonyl (C=O) groups excluding carboxylic acids is 1. The predicted molar refractivity (Wildman–Crippen MR) is 41.5 cm³/mol. The van der Waals surface area contributed by atoms with Gasteiger partial charge in [0.2, 0.25) is 0 Å². The van der Waals surface area contributed by atoms with Crippen molar-refractivity contribution in [3.63, 3.8) is 0 Å². The number of alkyl halides is 6. The van der Waals surface area contributed by atoms with Crippen LogP contribution in [0.1, 0.15) is 26.2 Å². The van der Waals surface area contributed by atoms with Crippen LogP contribution in [-0.2, 0) is 9.53 Å². The van der Waals surface area contributed by atoms with E-state index < -0.39 is 30.8 Å². The molecular formula is C8H10F6O2. The van der Waals surface area contributed by atoms with Crippen LogP contribution < -0.4 is 0 Å². The highest BCUT2D eigenvalue weighted by Gasteiger charge is 2.59. The van der Waals surface area contributed by atoms with E-state index in [1.54, 1.807) is 6.92 Å². The lowest BCUT2D eigenvalue weighted by Gasteiger charge is -2.22. The highest BCUT2D eigenvalue weighted by atomic mass is 19.4. The van der Waals surface area contributed by atoms with Crippen molar-refractivity contribution in [2.24, 2.45) is 0 Å². The van der Waals surface area contributed by atoms with Crippen LogP contribution in [0, 0.1) is 0 Å². The molecule has 96 valence electrons. The first-order valence-corrected chi connectivity index (χ1v) is 4.42. The SMILES string of the molecule is CCCCC(=O)OC(C(F)(F)F)C(F)(F)F. The van der Waals surface area contributed by atoms with E-state index in [9.17, 15) is 31.1 Å². The normalized spacial score (nSPS) is 13.0. The van der Waals surface area contributed by atoms with E-state index in [1.165, 1.54) is 0 Å². The molecule has 0 aliphatic carbocycles. The van der Waals surface area contributed by atoms with Gasteiger partial charge in [0.1, 0.15) is 0 Å². The van der Waals surface area contributed by atoms with Gasteiger partial charge in [-0.2, -0.15) is 26.3 Å². The van der Waals surface area contributed by atoms with Gasteiger partial charge < -0.3 is 4.74 Å². The molecule has 0 saturated carbocycles. The summed E-state index contributed by atoms with van der Waals surface area (Å²) in [6.45, 7) is 1.64. The van der Waals surface area contributed by atoms with E-state index in [0.29, 0.717) is 6.42 Å². The molecule has 0 aliphatic heterocycles. The zero-order chi connectivity index (χ0) is 13.0. The van der Waals surface area contributed by atoms with Gasteiger partial charge >= 0.3 is 18.3 Å². The minimum Gasteiger partial charge on any atom is -0.443 e. The Hall–Kier alpha value is -0.950. The van der Waals surface area contributed by atoms with Gasteiger partial charge in [0.05, 0.1) is 0 Å². The Bertz CT molecular complexity index is 218. The zero-order valence-corrected chi connectivity index (χ0v) is 8.28. The number of esters is 1. The molecule has 16 heavy (non-hydrogen) atoms. The van der Waals surface area contributed by atoms with Crippen LogP contribution in [0.5, 0.6) is 0 Å². The van der Waals surface area contributed by atoms with E-state index in [0.717, 1.165) is 0 Å². The molecule has 0 bridgehead atoms. The van der Waals surface area contributed by atoms with Crippen molar-refractivity contribution < 1.29 is 35.9 Å². The largest absolute Gasteiger partial charge is 0.443 e. The van der Waals surface area contributed by atoms with Gasteiger partial charge in [0.15, 0.2) is 0 Å². The van der Waals surface area contributed by atoms with Gasteiger partial charge in [0, 0.05) is 6.42 Å². The van der Waals surface area contributed by atoms with E-state index in [1.807, 2.05) is 0 Å². The number of rotatable bonds is 4. The fourth-order valence-corrected chi connectivity index (χ4v) is 0.831. The van der Waals surface area contributed by atoms with Gasteiger partial charge in [-0.3, -0.25) is 4.79 Å². The minimum absolute atomic E-state index is 0.182. The summed E-state index contributed by atoms with van der Waals surface area (Å²) in [6.07, 6.45) is -15.1. The third-order valence-electron chi connectivity index (χ3n) is 1.58. The molecule has 0 radical (unpaired) electrons. The maximum atomic E-state index is 11.9. The van der Waals surface area contributed by atoms with Crippen molar-refractivity contribution >= 4 is 5.97 Å². The number of carbonyl (C=O) groups is 1. The highest BCUT2D eigenvalue weighted by Crippen LogP contribution is 2.35. The maximum Gasteiger partial charge on any atom is 0.434 e. The molecule has 0 unspecified atom stereocenters. The standard InChI is InChI=1S/C8H10F6O2/c1-2-3-4-5(15)16-6(7(9,10)11)8(12,13)14/h6H,2-4H2,1H3. The van der Waals surface area contributed by atoms with Crippen LogP contribution in [-0.4, -0.2) is 24.4 Å². The average Bonchev–Trinajstić information content (AvgIpc) is 2.07. The van der Waals surface area contributed by atoms with Crippen molar-refractivity contribution in [3.05, 3.63) is 0 Å². The number of unbranched alkanes of at least 4 members (excludes halogenated alkanes) is 1. The van der Waals surface area contributed by atoms with E-state index in [2.05, 4.69) is 4.74 Å². The highest BCUT2D eigenvalue weighted by molar-refractivity contribution is 5.69. The lowest BCUT2D eigenvalue weighted by molar-refractivity contribution is -0.313. The van der Waals surface area contributed by atoms with Gasteiger partial charge in [-0.05, 0) is 6.42 Å². The number of halogens is 6. The van der Waals surface area contributed by atoms with Crippen molar-refractivity contribution in [3.8, 4) is 0 Å². The average molecular weight is 252 g/mol. The number of hydrogen-bond acceptors (Lipinski definition) is 2. The Morgan fingerprint density at radius 1 is 1.12 bits per heavy atom. The van der Waals surface area contributed by atoms with Crippen molar-refractivity contribution in [2.75, 3.05) is 0 Å². The molecule has 0 aliphatic rings. The van der Waals surface area contributed by atoms with Crippen LogP contribution in [0.25, 0.3) is 0 Å². The van der Waals surface area contributed by atoms with Crippen molar-refractivity contribution in [1.82, 2.24) is 0 Å². The Balaban J connectivity index is 4.52. The first-order valence-electron chi connectivity index (χ1n) is 4.42. The molecule has 0 N–H and O–H groups in total. The first kappa shape index (κ1) is 15.0. The first-order chi connectivity index (χ1) is 7.09. The second-order valence-electron chi connectivity index (χ2n) is 3.06. The van der Waals surface area contributed by atoms with Gasteiger partial charge in [0.25, 0.3) is 6.10 Å². The molecule has 2 nitrogen and oxygen atoms in total. The number of hydrogen-bond donors (Lipinski definition) is 0. The van der Waals surface area contributed by atoms with Crippen LogP contribution in [0.3, 0.4) is 0 Å².